The quantitative estimate of drug-likeness (QED) is 0.369. The van der Waals surface area contributed by atoms with Crippen LogP contribution >= 0.6 is 0 Å². The molecule has 8 nitrogen and oxygen atoms in total. The van der Waals surface area contributed by atoms with Gasteiger partial charge in [-0.05, 0) is 67.3 Å². The number of anilines is 1. The lowest BCUT2D eigenvalue weighted by Gasteiger charge is -2.33. The molecule has 0 heterocycles. The smallest absolute Gasteiger partial charge is 0.244 e. The van der Waals surface area contributed by atoms with E-state index in [2.05, 4.69) is 5.32 Å². The van der Waals surface area contributed by atoms with Crippen molar-refractivity contribution in [2.75, 3.05) is 30.8 Å². The number of amides is 2. The number of methoxy groups -OCH3 is 1. The van der Waals surface area contributed by atoms with Gasteiger partial charge in [0.1, 0.15) is 18.3 Å². The van der Waals surface area contributed by atoms with Crippen LogP contribution < -0.4 is 14.4 Å². The molecule has 9 heteroatoms. The van der Waals surface area contributed by atoms with Gasteiger partial charge in [-0.2, -0.15) is 0 Å². The summed E-state index contributed by atoms with van der Waals surface area (Å²) in [5, 5.41) is 2.85. The minimum atomic E-state index is -3.81. The Morgan fingerprint density at radius 3 is 2.15 bits per heavy atom. The zero-order valence-corrected chi connectivity index (χ0v) is 24.0. The van der Waals surface area contributed by atoms with E-state index in [1.807, 2.05) is 69.3 Å². The predicted molar refractivity (Wildman–Crippen MR) is 154 cm³/mol. The van der Waals surface area contributed by atoms with Gasteiger partial charge in [0.25, 0.3) is 0 Å². The number of carbonyl (C=O) groups is 2. The van der Waals surface area contributed by atoms with E-state index in [0.29, 0.717) is 18.0 Å². The molecule has 1 N–H and O–H groups in total. The summed E-state index contributed by atoms with van der Waals surface area (Å²) in [6.45, 7) is 5.60. The van der Waals surface area contributed by atoms with E-state index >= 15 is 0 Å². The van der Waals surface area contributed by atoms with Gasteiger partial charge in [-0.1, -0.05) is 48.5 Å². The van der Waals surface area contributed by atoms with Crippen LogP contribution in [0, 0.1) is 13.8 Å². The van der Waals surface area contributed by atoms with E-state index in [1.165, 1.54) is 4.90 Å². The highest BCUT2D eigenvalue weighted by Crippen LogP contribution is 2.23. The Bertz CT molecular complexity index is 1370. The lowest BCUT2D eigenvalue weighted by atomic mass is 10.0. The number of aryl methyl sites for hydroxylation is 2. The number of nitrogens with one attached hydrogen (secondary N) is 1. The summed E-state index contributed by atoms with van der Waals surface area (Å²) in [6.07, 6.45) is 1.35. The lowest BCUT2D eigenvalue weighted by Crippen LogP contribution is -2.53. The molecule has 0 radical (unpaired) electrons. The van der Waals surface area contributed by atoms with Crippen molar-refractivity contribution in [1.29, 1.82) is 0 Å². The largest absolute Gasteiger partial charge is 0.497 e. The molecule has 0 aliphatic rings. The van der Waals surface area contributed by atoms with Crippen molar-refractivity contribution in [3.05, 3.63) is 95.1 Å². The minimum absolute atomic E-state index is 0.0924. The molecule has 3 aromatic rings. The van der Waals surface area contributed by atoms with Crippen LogP contribution in [0.4, 0.5) is 5.69 Å². The number of hydrogen-bond donors (Lipinski definition) is 1. The van der Waals surface area contributed by atoms with Gasteiger partial charge >= 0.3 is 0 Å². The second-order valence-corrected chi connectivity index (χ2v) is 11.5. The molecular weight excluding hydrogens is 514 g/mol. The molecule has 1 atom stereocenters. The number of sulfonamides is 1. The monoisotopic (exact) mass is 551 g/mol. The molecular formula is C30H37N3O5S. The lowest BCUT2D eigenvalue weighted by molar-refractivity contribution is -0.140. The number of carbonyl (C=O) groups excluding carboxylic acids is 2. The Labute approximate surface area is 231 Å². The third-order valence-electron chi connectivity index (χ3n) is 6.28. The molecule has 2 amide bonds. The first-order valence-corrected chi connectivity index (χ1v) is 14.7. The topological polar surface area (TPSA) is 96.0 Å². The first-order valence-electron chi connectivity index (χ1n) is 12.8. The van der Waals surface area contributed by atoms with E-state index in [4.69, 9.17) is 4.74 Å². The standard InChI is InChI=1S/C30H37N3O5S/c1-6-31-30(35)28(19-24-11-8-7-9-12-24)32(20-25-13-10-14-27(18-25)38-4)29(34)21-33(39(5,36)37)26-16-22(2)15-23(3)17-26/h7-18,28H,6,19-21H2,1-5H3,(H,31,35)/t28-/m0/s1. The summed E-state index contributed by atoms with van der Waals surface area (Å²) in [4.78, 5) is 28.9. The van der Waals surface area contributed by atoms with Gasteiger partial charge in [-0.15, -0.1) is 0 Å². The van der Waals surface area contributed by atoms with E-state index < -0.39 is 28.5 Å². The number of likely N-dealkylation sites (N-methyl/N-ethyl adjacent to an activating group) is 1. The van der Waals surface area contributed by atoms with Crippen LogP contribution in [0.3, 0.4) is 0 Å². The first-order chi connectivity index (χ1) is 18.5. The van der Waals surface area contributed by atoms with E-state index in [0.717, 1.165) is 32.8 Å². The second-order valence-electron chi connectivity index (χ2n) is 9.59. The Morgan fingerprint density at radius 2 is 1.56 bits per heavy atom. The molecule has 0 aliphatic heterocycles. The van der Waals surface area contributed by atoms with Crippen LogP contribution in [0.1, 0.15) is 29.2 Å². The van der Waals surface area contributed by atoms with Crippen LogP contribution in [-0.2, 0) is 32.6 Å². The molecule has 0 aromatic heterocycles. The fourth-order valence-electron chi connectivity index (χ4n) is 4.52. The molecule has 3 aromatic carbocycles. The number of rotatable bonds is 12. The second kappa shape index (κ2) is 13.3. The Hall–Kier alpha value is -3.85. The number of benzene rings is 3. The predicted octanol–water partition coefficient (Wildman–Crippen LogP) is 3.85. The average molecular weight is 552 g/mol. The highest BCUT2D eigenvalue weighted by molar-refractivity contribution is 7.92. The summed E-state index contributed by atoms with van der Waals surface area (Å²) < 4.78 is 32.3. The van der Waals surface area contributed by atoms with E-state index in [-0.39, 0.29) is 18.9 Å². The fourth-order valence-corrected chi connectivity index (χ4v) is 5.36. The zero-order valence-electron chi connectivity index (χ0n) is 23.2. The van der Waals surface area contributed by atoms with Crippen molar-refractivity contribution >= 4 is 27.5 Å². The van der Waals surface area contributed by atoms with Gasteiger partial charge in [0.15, 0.2) is 0 Å². The Morgan fingerprint density at radius 1 is 0.923 bits per heavy atom. The van der Waals surface area contributed by atoms with Crippen LogP contribution in [0.2, 0.25) is 0 Å². The molecule has 0 unspecified atom stereocenters. The van der Waals surface area contributed by atoms with Crippen LogP contribution in [-0.4, -0.2) is 57.6 Å². The first kappa shape index (κ1) is 29.7. The summed E-state index contributed by atoms with van der Waals surface area (Å²) in [7, 11) is -2.26. The van der Waals surface area contributed by atoms with Crippen molar-refractivity contribution in [2.45, 2.75) is 39.8 Å². The summed E-state index contributed by atoms with van der Waals surface area (Å²) in [5.74, 6) is -0.185. The normalized spacial score (nSPS) is 11.9. The summed E-state index contributed by atoms with van der Waals surface area (Å²) in [6, 6.07) is 21.2. The van der Waals surface area contributed by atoms with Gasteiger partial charge in [-0.25, -0.2) is 8.42 Å². The molecule has 0 saturated carbocycles. The maximum absolute atomic E-state index is 14.1. The number of ether oxygens (including phenoxy) is 1. The highest BCUT2D eigenvalue weighted by atomic mass is 32.2. The Kier molecular flexibility index (Phi) is 10.1. The van der Waals surface area contributed by atoms with Gasteiger partial charge < -0.3 is 15.0 Å². The molecule has 0 bridgehead atoms. The third kappa shape index (κ3) is 8.32. The molecule has 0 aliphatic carbocycles. The molecule has 3 rings (SSSR count). The maximum atomic E-state index is 14.1. The highest BCUT2D eigenvalue weighted by Gasteiger charge is 2.33. The van der Waals surface area contributed by atoms with Gasteiger partial charge in [0, 0.05) is 19.5 Å². The van der Waals surface area contributed by atoms with E-state index in [9.17, 15) is 18.0 Å². The molecule has 0 saturated heterocycles. The van der Waals surface area contributed by atoms with Crippen molar-refractivity contribution in [3.8, 4) is 5.75 Å². The number of nitrogens with zero attached hydrogens (tertiary/aromatic N) is 2. The maximum Gasteiger partial charge on any atom is 0.244 e. The minimum Gasteiger partial charge on any atom is -0.497 e. The molecule has 39 heavy (non-hydrogen) atoms. The zero-order chi connectivity index (χ0) is 28.6. The fraction of sp³-hybridized carbons (Fsp3) is 0.333. The SMILES string of the molecule is CCNC(=O)[C@H](Cc1ccccc1)N(Cc1cccc(OC)c1)C(=O)CN(c1cc(C)cc(C)c1)S(C)(=O)=O. The van der Waals surface area contributed by atoms with Gasteiger partial charge in [0.05, 0.1) is 19.1 Å². The van der Waals surface area contributed by atoms with Crippen LogP contribution in [0.15, 0.2) is 72.8 Å². The van der Waals surface area contributed by atoms with Crippen LogP contribution in [0.5, 0.6) is 5.75 Å². The van der Waals surface area contributed by atoms with Crippen molar-refractivity contribution < 1.29 is 22.7 Å². The van der Waals surface area contributed by atoms with Crippen molar-refractivity contribution in [2.24, 2.45) is 0 Å². The van der Waals surface area contributed by atoms with Gasteiger partial charge in [0.2, 0.25) is 21.8 Å². The molecule has 0 fully saturated rings. The van der Waals surface area contributed by atoms with Crippen LogP contribution in [0.25, 0.3) is 0 Å². The number of hydrogen-bond acceptors (Lipinski definition) is 5. The van der Waals surface area contributed by atoms with Crippen molar-refractivity contribution in [1.82, 2.24) is 10.2 Å². The average Bonchev–Trinajstić information content (AvgIpc) is 2.88. The van der Waals surface area contributed by atoms with E-state index in [1.54, 1.807) is 31.4 Å². The van der Waals surface area contributed by atoms with Crippen molar-refractivity contribution in [3.63, 3.8) is 0 Å². The molecule has 0 spiro atoms. The van der Waals surface area contributed by atoms with Gasteiger partial charge in [-0.3, -0.25) is 13.9 Å². The Balaban J connectivity index is 2.07. The third-order valence-corrected chi connectivity index (χ3v) is 7.42. The summed E-state index contributed by atoms with van der Waals surface area (Å²) in [5.41, 5.74) is 3.79. The summed E-state index contributed by atoms with van der Waals surface area (Å²) >= 11 is 0. The molecule has 208 valence electrons.